The van der Waals surface area contributed by atoms with Crippen LogP contribution in [0, 0.1) is 5.92 Å². The summed E-state index contributed by atoms with van der Waals surface area (Å²) in [4.78, 5) is 27.0. The highest BCUT2D eigenvalue weighted by Gasteiger charge is 2.82. The van der Waals surface area contributed by atoms with E-state index in [4.69, 9.17) is 4.74 Å². The minimum Gasteiger partial charge on any atom is -0.369 e. The molecule has 1 aromatic rings. The van der Waals surface area contributed by atoms with Gasteiger partial charge in [-0.3, -0.25) is 9.69 Å². The Kier molecular flexibility index (Phi) is 2.63. The maximum absolute atomic E-state index is 16.1. The van der Waals surface area contributed by atoms with E-state index in [-0.39, 0.29) is 0 Å². The van der Waals surface area contributed by atoms with Crippen LogP contribution in [0.4, 0.5) is 9.18 Å². The fraction of sp³-hybridized carbons (Fsp3) is 0.412. The molecular formula is C17H17FN2O3. The van der Waals surface area contributed by atoms with E-state index in [2.05, 4.69) is 0 Å². The molecule has 1 heterocycles. The number of imide groups is 1. The molecule has 4 rings (SSSR count). The van der Waals surface area contributed by atoms with Crippen molar-refractivity contribution >= 4 is 18.0 Å². The maximum atomic E-state index is 16.1. The number of methoxy groups -OCH3 is 1. The summed E-state index contributed by atoms with van der Waals surface area (Å²) in [6.07, 6.45) is 3.74. The number of hydrogen-bond donors (Lipinski definition) is 0. The Labute approximate surface area is 133 Å². The lowest BCUT2D eigenvalue weighted by Crippen LogP contribution is -2.86. The first-order valence-electron chi connectivity index (χ1n) is 7.48. The molecule has 1 aliphatic heterocycles. The predicted octanol–water partition coefficient (Wildman–Crippen LogP) is 1.79. The molecule has 1 aromatic carbocycles. The Balaban J connectivity index is 1.97. The largest absolute Gasteiger partial charge is 0.369 e. The third-order valence-corrected chi connectivity index (χ3v) is 5.55. The van der Waals surface area contributed by atoms with E-state index in [0.717, 1.165) is 10.5 Å². The van der Waals surface area contributed by atoms with E-state index in [1.165, 1.54) is 26.1 Å². The lowest BCUT2D eigenvalue weighted by molar-refractivity contribution is -0.273. The summed E-state index contributed by atoms with van der Waals surface area (Å²) < 4.78 is 21.8. The van der Waals surface area contributed by atoms with Gasteiger partial charge in [0.1, 0.15) is 5.60 Å². The van der Waals surface area contributed by atoms with Crippen molar-refractivity contribution in [1.82, 2.24) is 9.80 Å². The number of amides is 3. The van der Waals surface area contributed by atoms with Gasteiger partial charge >= 0.3 is 6.03 Å². The summed E-state index contributed by atoms with van der Waals surface area (Å²) in [5.41, 5.74) is -2.22. The number of hydrogen-bond acceptors (Lipinski definition) is 3. The van der Waals surface area contributed by atoms with Crippen LogP contribution in [0.3, 0.4) is 0 Å². The van der Waals surface area contributed by atoms with Crippen LogP contribution < -0.4 is 0 Å². The van der Waals surface area contributed by atoms with Gasteiger partial charge in [0.15, 0.2) is 0 Å². The summed E-state index contributed by atoms with van der Waals surface area (Å²) in [5.74, 6) is -1.24. The molecule has 2 aliphatic carbocycles. The number of urea groups is 1. The Morgan fingerprint density at radius 2 is 1.91 bits per heavy atom. The molecule has 4 unspecified atom stereocenters. The van der Waals surface area contributed by atoms with Crippen molar-refractivity contribution in [3.8, 4) is 0 Å². The normalized spacial score (nSPS) is 37.9. The number of halogens is 1. The van der Waals surface area contributed by atoms with E-state index in [9.17, 15) is 9.59 Å². The zero-order valence-corrected chi connectivity index (χ0v) is 13.1. The molecule has 0 spiro atoms. The number of rotatable bonds is 1. The van der Waals surface area contributed by atoms with Crippen molar-refractivity contribution < 1.29 is 18.7 Å². The fourth-order valence-electron chi connectivity index (χ4n) is 4.51. The fourth-order valence-corrected chi connectivity index (χ4v) is 4.51. The zero-order chi connectivity index (χ0) is 16.6. The molecule has 0 radical (unpaired) electrons. The summed E-state index contributed by atoms with van der Waals surface area (Å²) in [7, 11) is 4.25. The average Bonchev–Trinajstić information content (AvgIpc) is 2.57. The van der Waals surface area contributed by atoms with Crippen LogP contribution in [0.15, 0.2) is 30.3 Å². The van der Waals surface area contributed by atoms with Crippen LogP contribution in [0.5, 0.6) is 0 Å². The molecule has 6 heteroatoms. The van der Waals surface area contributed by atoms with E-state index in [0.29, 0.717) is 5.56 Å². The Morgan fingerprint density at radius 1 is 1.22 bits per heavy atom. The number of ether oxygens (including phenoxy) is 1. The average molecular weight is 316 g/mol. The second-order valence-electron chi connectivity index (χ2n) is 6.33. The first kappa shape index (κ1) is 14.4. The Morgan fingerprint density at radius 3 is 2.61 bits per heavy atom. The molecule has 4 atom stereocenters. The first-order valence-corrected chi connectivity index (χ1v) is 7.48. The molecular weight excluding hydrogens is 299 g/mol. The van der Waals surface area contributed by atoms with Gasteiger partial charge in [-0.25, -0.2) is 9.18 Å². The predicted molar refractivity (Wildman–Crippen MR) is 81.2 cm³/mol. The highest BCUT2D eigenvalue weighted by molar-refractivity contribution is 6.05. The van der Waals surface area contributed by atoms with Crippen LogP contribution in [-0.4, -0.2) is 54.7 Å². The number of nitrogens with zero attached hydrogens (tertiary/aromatic N) is 2. The highest BCUT2D eigenvalue weighted by atomic mass is 19.1. The third-order valence-electron chi connectivity index (χ3n) is 5.55. The number of alkyl halides is 1. The molecule has 120 valence electrons. The molecule has 0 aromatic heterocycles. The molecule has 0 bridgehead atoms. The van der Waals surface area contributed by atoms with E-state index >= 15 is 4.39 Å². The van der Waals surface area contributed by atoms with Crippen molar-refractivity contribution in [2.45, 2.75) is 17.3 Å². The van der Waals surface area contributed by atoms with Crippen LogP contribution in [-0.2, 0) is 15.1 Å². The summed E-state index contributed by atoms with van der Waals surface area (Å²) in [6.45, 7) is 0. The number of benzene rings is 1. The molecule has 1 saturated heterocycles. The smallest absolute Gasteiger partial charge is 0.326 e. The second-order valence-corrected chi connectivity index (χ2v) is 6.33. The zero-order valence-electron chi connectivity index (χ0n) is 13.1. The number of carbonyl (C=O) groups is 2. The SMILES string of the molecule is COC12c3ccccc3C=CC1C1N(C)C(=O)N(C)C(=O)C12F. The minimum atomic E-state index is -2.30. The van der Waals surface area contributed by atoms with E-state index in [1.54, 1.807) is 12.1 Å². The molecule has 23 heavy (non-hydrogen) atoms. The standard InChI is InChI=1S/C17H17FN2O3/c1-19-13-12-9-8-10-6-4-5-7-11(10)17(12,23-3)16(13,18)14(21)20(2)15(19)22/h4-9,12-13H,1-3H3. The van der Waals surface area contributed by atoms with Gasteiger partial charge in [-0.15, -0.1) is 0 Å². The molecule has 5 nitrogen and oxygen atoms in total. The Hall–Kier alpha value is -2.21. The second kappa shape index (κ2) is 4.20. The van der Waals surface area contributed by atoms with Crippen LogP contribution >= 0.6 is 0 Å². The summed E-state index contributed by atoms with van der Waals surface area (Å²) >= 11 is 0. The van der Waals surface area contributed by atoms with Crippen molar-refractivity contribution in [2.24, 2.45) is 5.92 Å². The molecule has 3 amide bonds. The number of carbonyl (C=O) groups excluding carboxylic acids is 2. The maximum Gasteiger partial charge on any atom is 0.326 e. The van der Waals surface area contributed by atoms with Gasteiger partial charge in [0.25, 0.3) is 5.91 Å². The topological polar surface area (TPSA) is 49.9 Å². The quantitative estimate of drug-likeness (QED) is 0.793. The third kappa shape index (κ3) is 1.29. The van der Waals surface area contributed by atoms with Gasteiger partial charge in [0.2, 0.25) is 5.67 Å². The minimum absolute atomic E-state index is 0.404. The van der Waals surface area contributed by atoms with Gasteiger partial charge in [0.05, 0.1) is 6.04 Å². The van der Waals surface area contributed by atoms with Crippen molar-refractivity contribution in [3.63, 3.8) is 0 Å². The lowest BCUT2D eigenvalue weighted by Gasteiger charge is -2.67. The highest BCUT2D eigenvalue weighted by Crippen LogP contribution is 2.64. The van der Waals surface area contributed by atoms with Crippen LogP contribution in [0.25, 0.3) is 6.08 Å². The van der Waals surface area contributed by atoms with Gasteiger partial charge in [-0.2, -0.15) is 0 Å². The van der Waals surface area contributed by atoms with Crippen LogP contribution in [0.2, 0.25) is 0 Å². The molecule has 0 N–H and O–H groups in total. The van der Waals surface area contributed by atoms with Crippen molar-refractivity contribution in [2.75, 3.05) is 21.2 Å². The van der Waals surface area contributed by atoms with Gasteiger partial charge < -0.3 is 9.64 Å². The lowest BCUT2D eigenvalue weighted by atomic mass is 9.48. The van der Waals surface area contributed by atoms with Gasteiger partial charge in [-0.1, -0.05) is 36.4 Å². The van der Waals surface area contributed by atoms with Gasteiger partial charge in [0, 0.05) is 27.1 Å². The number of fused-ring (bicyclic) bond motifs is 6. The Bertz CT molecular complexity index is 764. The van der Waals surface area contributed by atoms with E-state index < -0.39 is 35.2 Å². The van der Waals surface area contributed by atoms with E-state index in [1.807, 2.05) is 24.3 Å². The summed E-state index contributed by atoms with van der Waals surface area (Å²) in [6, 6.07) is 5.96. The first-order chi connectivity index (χ1) is 10.9. The molecule has 3 aliphatic rings. The van der Waals surface area contributed by atoms with Crippen molar-refractivity contribution in [1.29, 1.82) is 0 Å². The summed E-state index contributed by atoms with van der Waals surface area (Å²) in [5, 5.41) is 0. The molecule has 1 saturated carbocycles. The molecule has 2 fully saturated rings. The van der Waals surface area contributed by atoms with Crippen LogP contribution in [0.1, 0.15) is 11.1 Å². The van der Waals surface area contributed by atoms with Crippen molar-refractivity contribution in [3.05, 3.63) is 41.5 Å². The monoisotopic (exact) mass is 316 g/mol. The van der Waals surface area contributed by atoms with Gasteiger partial charge in [-0.05, 0) is 11.1 Å².